The molecular weight excluding hydrogens is 340 g/mol. The molecule has 0 aromatic carbocycles. The molecule has 1 aromatic heterocycles. The first-order chi connectivity index (χ1) is 9.89. The summed E-state index contributed by atoms with van der Waals surface area (Å²) in [5.41, 5.74) is 0. The number of imide groups is 1. The summed E-state index contributed by atoms with van der Waals surface area (Å²) in [6.07, 6.45) is -0.303. The van der Waals surface area contributed by atoms with Crippen molar-refractivity contribution < 1.29 is 22.7 Å². The van der Waals surface area contributed by atoms with Crippen molar-refractivity contribution in [3.05, 3.63) is 16.5 Å². The molecule has 2 saturated heterocycles. The number of cyclic esters (lactones) is 1. The van der Waals surface area contributed by atoms with E-state index in [1.807, 2.05) is 0 Å². The van der Waals surface area contributed by atoms with Crippen LogP contribution in [0.25, 0.3) is 0 Å². The van der Waals surface area contributed by atoms with Crippen molar-refractivity contribution >= 4 is 45.0 Å². The van der Waals surface area contributed by atoms with Crippen LogP contribution in [0.2, 0.25) is 4.34 Å². The third kappa shape index (κ3) is 2.54. The highest BCUT2D eigenvalue weighted by Crippen LogP contribution is 2.31. The molecule has 3 rings (SSSR count). The summed E-state index contributed by atoms with van der Waals surface area (Å²) in [4.78, 5) is 24.1. The number of carbonyl (C=O) groups is 2. The molecule has 2 fully saturated rings. The lowest BCUT2D eigenvalue weighted by Gasteiger charge is -2.19. The summed E-state index contributed by atoms with van der Waals surface area (Å²) < 4.78 is 31.3. The molecule has 0 saturated carbocycles. The molecule has 114 valence electrons. The van der Waals surface area contributed by atoms with Crippen LogP contribution in [0.5, 0.6) is 0 Å². The average Bonchev–Trinajstić information content (AvgIpc) is 3.11. The number of hydrogen-bond acceptors (Lipinski definition) is 6. The molecule has 21 heavy (non-hydrogen) atoms. The maximum absolute atomic E-state index is 12.4. The van der Waals surface area contributed by atoms with Gasteiger partial charge in [-0.2, -0.15) is 4.31 Å². The van der Waals surface area contributed by atoms with E-state index in [9.17, 15) is 18.0 Å². The molecule has 7 nitrogen and oxygen atoms in total. The van der Waals surface area contributed by atoms with E-state index >= 15 is 0 Å². The van der Waals surface area contributed by atoms with Crippen LogP contribution in [-0.4, -0.2) is 55.4 Å². The minimum atomic E-state index is -3.64. The molecule has 1 unspecified atom stereocenters. The first kappa shape index (κ1) is 14.8. The molecule has 2 amide bonds. The molecule has 0 radical (unpaired) electrons. The Morgan fingerprint density at radius 2 is 2.10 bits per heavy atom. The van der Waals surface area contributed by atoms with Gasteiger partial charge in [0, 0.05) is 13.1 Å². The standard InChI is InChI=1S/C11H11ClN2O5S2/c12-8-1-2-10(20-8)21(17,18)13-4-3-7(5-13)14-9(15)6-19-11(14)16/h1-2,7H,3-6H2. The second-order valence-corrected chi connectivity index (χ2v) is 8.56. The maximum Gasteiger partial charge on any atom is 0.417 e. The highest BCUT2D eigenvalue weighted by Gasteiger charge is 2.43. The number of halogens is 1. The topological polar surface area (TPSA) is 84.0 Å². The number of amides is 2. The van der Waals surface area contributed by atoms with Crippen LogP contribution in [0.4, 0.5) is 4.79 Å². The summed E-state index contributed by atoms with van der Waals surface area (Å²) in [6.45, 7) is 0.0564. The molecule has 1 atom stereocenters. The van der Waals surface area contributed by atoms with Gasteiger partial charge in [-0.25, -0.2) is 18.1 Å². The maximum atomic E-state index is 12.4. The van der Waals surface area contributed by atoms with Crippen LogP contribution in [0, 0.1) is 0 Å². The number of carbonyl (C=O) groups excluding carboxylic acids is 2. The zero-order chi connectivity index (χ0) is 15.2. The summed E-state index contributed by atoms with van der Waals surface area (Å²) in [5.74, 6) is -0.427. The van der Waals surface area contributed by atoms with E-state index in [0.717, 1.165) is 16.2 Å². The average molecular weight is 351 g/mol. The van der Waals surface area contributed by atoms with E-state index in [0.29, 0.717) is 10.8 Å². The van der Waals surface area contributed by atoms with Gasteiger partial charge >= 0.3 is 6.09 Å². The Morgan fingerprint density at radius 3 is 2.67 bits per heavy atom. The van der Waals surface area contributed by atoms with Crippen LogP contribution < -0.4 is 0 Å². The zero-order valence-electron chi connectivity index (χ0n) is 10.7. The summed E-state index contributed by atoms with van der Waals surface area (Å²) >= 11 is 6.74. The van der Waals surface area contributed by atoms with Gasteiger partial charge in [-0.05, 0) is 18.6 Å². The Balaban J connectivity index is 1.78. The lowest BCUT2D eigenvalue weighted by atomic mass is 10.2. The molecule has 2 aliphatic heterocycles. The zero-order valence-corrected chi connectivity index (χ0v) is 13.1. The van der Waals surface area contributed by atoms with E-state index in [1.165, 1.54) is 16.4 Å². The van der Waals surface area contributed by atoms with Gasteiger partial charge in [-0.3, -0.25) is 4.79 Å². The summed E-state index contributed by atoms with van der Waals surface area (Å²) in [5, 5.41) is 0. The number of hydrogen-bond donors (Lipinski definition) is 0. The first-order valence-corrected chi connectivity index (χ1v) is 8.77. The van der Waals surface area contributed by atoms with Gasteiger partial charge in [0.25, 0.3) is 15.9 Å². The van der Waals surface area contributed by atoms with Crippen molar-refractivity contribution in [1.29, 1.82) is 0 Å². The number of ether oxygens (including phenoxy) is 1. The first-order valence-electron chi connectivity index (χ1n) is 6.14. The molecule has 2 aliphatic rings. The third-order valence-electron chi connectivity index (χ3n) is 3.42. The van der Waals surface area contributed by atoms with Crippen LogP contribution in [0.3, 0.4) is 0 Å². The van der Waals surface area contributed by atoms with Gasteiger partial charge in [-0.1, -0.05) is 11.6 Å². The molecule has 0 bridgehead atoms. The van der Waals surface area contributed by atoms with Crippen LogP contribution in [0.15, 0.2) is 16.3 Å². The smallest absolute Gasteiger partial charge is 0.417 e. The lowest BCUT2D eigenvalue weighted by molar-refractivity contribution is -0.127. The molecule has 1 aromatic rings. The van der Waals surface area contributed by atoms with Gasteiger partial charge in [0.05, 0.1) is 10.4 Å². The Kier molecular flexibility index (Phi) is 3.68. The minimum Gasteiger partial charge on any atom is -0.439 e. The van der Waals surface area contributed by atoms with Crippen molar-refractivity contribution in [3.63, 3.8) is 0 Å². The van der Waals surface area contributed by atoms with Crippen LogP contribution in [-0.2, 0) is 19.6 Å². The summed E-state index contributed by atoms with van der Waals surface area (Å²) in [7, 11) is -3.64. The predicted molar refractivity (Wildman–Crippen MR) is 74.7 cm³/mol. The van der Waals surface area contributed by atoms with Gasteiger partial charge in [0.2, 0.25) is 0 Å². The fourth-order valence-corrected chi connectivity index (χ4v) is 5.55. The second kappa shape index (κ2) is 5.24. The van der Waals surface area contributed by atoms with E-state index in [-0.39, 0.29) is 23.9 Å². The SMILES string of the molecule is O=C1COC(=O)N1C1CCN(S(=O)(=O)c2ccc(Cl)s2)C1. The van der Waals surface area contributed by atoms with Crippen molar-refractivity contribution in [2.75, 3.05) is 19.7 Å². The predicted octanol–water partition coefficient (Wildman–Crippen LogP) is 1.14. The van der Waals surface area contributed by atoms with Gasteiger partial charge in [0.15, 0.2) is 6.61 Å². The van der Waals surface area contributed by atoms with Gasteiger partial charge < -0.3 is 4.74 Å². The van der Waals surface area contributed by atoms with Crippen molar-refractivity contribution in [3.8, 4) is 0 Å². The van der Waals surface area contributed by atoms with Gasteiger partial charge in [0.1, 0.15) is 4.21 Å². The Morgan fingerprint density at radius 1 is 1.33 bits per heavy atom. The summed E-state index contributed by atoms with van der Waals surface area (Å²) in [6, 6.07) is 2.50. The van der Waals surface area contributed by atoms with Crippen LogP contribution in [0.1, 0.15) is 6.42 Å². The van der Waals surface area contributed by atoms with E-state index in [2.05, 4.69) is 4.74 Å². The Hall–Kier alpha value is -1.16. The normalized spacial score (nSPS) is 23.9. The number of rotatable bonds is 3. The fraction of sp³-hybridized carbons (Fsp3) is 0.455. The number of nitrogens with zero attached hydrogens (tertiary/aromatic N) is 2. The highest BCUT2D eigenvalue weighted by molar-refractivity contribution is 7.91. The van der Waals surface area contributed by atoms with E-state index in [1.54, 1.807) is 0 Å². The lowest BCUT2D eigenvalue weighted by Crippen LogP contribution is -2.41. The molecule has 3 heterocycles. The Bertz CT molecular complexity index is 685. The largest absolute Gasteiger partial charge is 0.439 e. The van der Waals surface area contributed by atoms with E-state index in [4.69, 9.17) is 11.6 Å². The van der Waals surface area contributed by atoms with Crippen LogP contribution >= 0.6 is 22.9 Å². The van der Waals surface area contributed by atoms with Crippen molar-refractivity contribution in [1.82, 2.24) is 9.21 Å². The second-order valence-electron chi connectivity index (χ2n) is 4.68. The molecule has 0 aliphatic carbocycles. The molecule has 0 spiro atoms. The van der Waals surface area contributed by atoms with E-state index < -0.39 is 28.1 Å². The molecular formula is C11H11ClN2O5S2. The minimum absolute atomic E-state index is 0.0820. The monoisotopic (exact) mass is 350 g/mol. The highest BCUT2D eigenvalue weighted by atomic mass is 35.5. The van der Waals surface area contributed by atoms with Crippen molar-refractivity contribution in [2.45, 2.75) is 16.7 Å². The molecule has 0 N–H and O–H groups in total. The number of thiophene rings is 1. The molecule has 10 heteroatoms. The van der Waals surface area contributed by atoms with Gasteiger partial charge in [-0.15, -0.1) is 11.3 Å². The van der Waals surface area contributed by atoms with Crippen molar-refractivity contribution in [2.24, 2.45) is 0 Å². The Labute approximate surface area is 130 Å². The quantitative estimate of drug-likeness (QED) is 0.816. The fourth-order valence-electron chi connectivity index (χ4n) is 2.42. The third-order valence-corrected chi connectivity index (χ3v) is 6.98. The number of sulfonamides is 1.